The third-order valence-electron chi connectivity index (χ3n) is 3.78. The predicted molar refractivity (Wildman–Crippen MR) is 82.6 cm³/mol. The van der Waals surface area contributed by atoms with Gasteiger partial charge in [-0.2, -0.15) is 0 Å². The minimum atomic E-state index is -0.944. The summed E-state index contributed by atoms with van der Waals surface area (Å²) in [6, 6.07) is 6.73. The molecule has 1 rings (SSSR count). The van der Waals surface area contributed by atoms with Crippen molar-refractivity contribution in [1.82, 2.24) is 10.6 Å². The number of amides is 2. The summed E-state index contributed by atoms with van der Waals surface area (Å²) < 4.78 is 0. The predicted octanol–water partition coefficient (Wildman–Crippen LogP) is 2.66. The number of carboxylic acids is 1. The van der Waals surface area contributed by atoms with E-state index < -0.39 is 5.97 Å². The van der Waals surface area contributed by atoms with Gasteiger partial charge in [0, 0.05) is 12.6 Å². The summed E-state index contributed by atoms with van der Waals surface area (Å²) in [5.41, 5.74) is 1.01. The van der Waals surface area contributed by atoms with Gasteiger partial charge in [-0.25, -0.2) is 9.59 Å². The van der Waals surface area contributed by atoms with Gasteiger partial charge in [0.25, 0.3) is 0 Å². The second-order valence-electron chi connectivity index (χ2n) is 5.29. The zero-order valence-corrected chi connectivity index (χ0v) is 12.8. The van der Waals surface area contributed by atoms with Crippen LogP contribution in [0, 0.1) is 5.92 Å². The fraction of sp³-hybridized carbons (Fsp3) is 0.500. The largest absolute Gasteiger partial charge is 0.478 e. The van der Waals surface area contributed by atoms with Crippen molar-refractivity contribution in [2.45, 2.75) is 39.7 Å². The second-order valence-corrected chi connectivity index (χ2v) is 5.29. The lowest BCUT2D eigenvalue weighted by Crippen LogP contribution is -2.44. The summed E-state index contributed by atoms with van der Waals surface area (Å²) in [6.45, 7) is 6.56. The van der Waals surface area contributed by atoms with Gasteiger partial charge in [0.2, 0.25) is 0 Å². The van der Waals surface area contributed by atoms with Crippen LogP contribution in [0.3, 0.4) is 0 Å². The molecule has 5 heteroatoms. The molecule has 0 radical (unpaired) electrons. The quantitative estimate of drug-likeness (QED) is 0.723. The van der Waals surface area contributed by atoms with Crippen LogP contribution in [0.25, 0.3) is 0 Å². The molecule has 2 amide bonds. The first-order valence-corrected chi connectivity index (χ1v) is 7.31. The Morgan fingerprint density at radius 2 is 1.90 bits per heavy atom. The number of carboxylic acid groups (broad SMARTS) is 1. The molecule has 0 heterocycles. The Morgan fingerprint density at radius 1 is 1.24 bits per heavy atom. The first-order chi connectivity index (χ1) is 9.95. The topological polar surface area (TPSA) is 78.4 Å². The van der Waals surface area contributed by atoms with Crippen molar-refractivity contribution in [3.63, 3.8) is 0 Å². The van der Waals surface area contributed by atoms with E-state index in [9.17, 15) is 9.59 Å². The molecular formula is C16H24N2O3. The lowest BCUT2D eigenvalue weighted by molar-refractivity contribution is 0.0695. The van der Waals surface area contributed by atoms with Gasteiger partial charge in [0.15, 0.2) is 0 Å². The van der Waals surface area contributed by atoms with Crippen LogP contribution in [0.2, 0.25) is 0 Å². The molecule has 5 nitrogen and oxygen atoms in total. The van der Waals surface area contributed by atoms with Gasteiger partial charge in [-0.05, 0) is 30.9 Å². The summed E-state index contributed by atoms with van der Waals surface area (Å²) in [5.74, 6) is -0.524. The minimum Gasteiger partial charge on any atom is -0.478 e. The highest BCUT2D eigenvalue weighted by Gasteiger charge is 2.13. The molecule has 0 aliphatic heterocycles. The number of carbonyl (C=O) groups excluding carboxylic acids is 1. The smallest absolute Gasteiger partial charge is 0.335 e. The Balaban J connectivity index is 2.44. The van der Waals surface area contributed by atoms with E-state index in [1.165, 1.54) is 0 Å². The molecule has 0 saturated carbocycles. The molecule has 0 aliphatic carbocycles. The van der Waals surface area contributed by atoms with Crippen molar-refractivity contribution >= 4 is 12.0 Å². The number of carbonyl (C=O) groups is 2. The maximum atomic E-state index is 11.7. The third kappa shape index (κ3) is 5.45. The average Bonchev–Trinajstić information content (AvgIpc) is 2.46. The van der Waals surface area contributed by atoms with Gasteiger partial charge in [-0.3, -0.25) is 0 Å². The van der Waals surface area contributed by atoms with Crippen LogP contribution in [-0.4, -0.2) is 29.7 Å². The summed E-state index contributed by atoms with van der Waals surface area (Å²) in [7, 11) is 0. The van der Waals surface area contributed by atoms with Crippen molar-refractivity contribution in [2.24, 2.45) is 5.92 Å². The number of nitrogens with one attached hydrogen (secondary N) is 2. The molecule has 0 saturated heterocycles. The Bertz CT molecular complexity index is 488. The average molecular weight is 292 g/mol. The van der Waals surface area contributed by atoms with Gasteiger partial charge in [0.1, 0.15) is 0 Å². The van der Waals surface area contributed by atoms with E-state index in [-0.39, 0.29) is 17.6 Å². The molecule has 0 aliphatic rings. The van der Waals surface area contributed by atoms with Crippen molar-refractivity contribution in [2.75, 3.05) is 6.54 Å². The van der Waals surface area contributed by atoms with E-state index in [0.717, 1.165) is 12.0 Å². The molecule has 3 N–H and O–H groups in total. The van der Waals surface area contributed by atoms with Crippen LogP contribution >= 0.6 is 0 Å². The number of rotatable bonds is 7. The summed E-state index contributed by atoms with van der Waals surface area (Å²) in [5, 5.41) is 14.7. The molecule has 1 aromatic rings. The van der Waals surface area contributed by atoms with Crippen LogP contribution in [0.4, 0.5) is 4.79 Å². The lowest BCUT2D eigenvalue weighted by atomic mass is 10.0. The number of urea groups is 1. The first kappa shape index (κ1) is 17.0. The van der Waals surface area contributed by atoms with Crippen LogP contribution in [0.5, 0.6) is 0 Å². The number of hydrogen-bond donors (Lipinski definition) is 3. The summed E-state index contributed by atoms with van der Waals surface area (Å²) in [6.07, 6.45) is 1.50. The zero-order valence-electron chi connectivity index (χ0n) is 12.8. The SMILES string of the molecule is CCC(C)C(C)NC(=O)NCCc1ccccc1C(=O)O. The minimum absolute atomic E-state index is 0.112. The molecule has 0 bridgehead atoms. The summed E-state index contributed by atoms with van der Waals surface area (Å²) in [4.78, 5) is 22.8. The van der Waals surface area contributed by atoms with E-state index in [0.29, 0.717) is 18.9 Å². The van der Waals surface area contributed by atoms with E-state index in [2.05, 4.69) is 24.5 Å². The maximum absolute atomic E-state index is 11.7. The molecule has 0 spiro atoms. The van der Waals surface area contributed by atoms with Crippen LogP contribution in [-0.2, 0) is 6.42 Å². The van der Waals surface area contributed by atoms with Crippen LogP contribution < -0.4 is 10.6 Å². The number of hydrogen-bond acceptors (Lipinski definition) is 2. The third-order valence-corrected chi connectivity index (χ3v) is 3.78. The lowest BCUT2D eigenvalue weighted by Gasteiger charge is -2.20. The Kier molecular flexibility index (Phi) is 6.72. The zero-order chi connectivity index (χ0) is 15.8. The monoisotopic (exact) mass is 292 g/mol. The molecule has 0 aromatic heterocycles. The van der Waals surface area contributed by atoms with E-state index in [4.69, 9.17) is 5.11 Å². The fourth-order valence-corrected chi connectivity index (χ4v) is 2.01. The van der Waals surface area contributed by atoms with Gasteiger partial charge in [-0.1, -0.05) is 38.5 Å². The molecule has 2 atom stereocenters. The van der Waals surface area contributed by atoms with Crippen molar-refractivity contribution in [3.8, 4) is 0 Å². The van der Waals surface area contributed by atoms with E-state index in [1.807, 2.05) is 6.92 Å². The first-order valence-electron chi connectivity index (χ1n) is 7.31. The van der Waals surface area contributed by atoms with Crippen LogP contribution in [0.1, 0.15) is 43.1 Å². The summed E-state index contributed by atoms with van der Waals surface area (Å²) >= 11 is 0. The molecular weight excluding hydrogens is 268 g/mol. The normalized spacial score (nSPS) is 13.3. The van der Waals surface area contributed by atoms with E-state index in [1.54, 1.807) is 24.3 Å². The molecule has 0 fully saturated rings. The van der Waals surface area contributed by atoms with E-state index >= 15 is 0 Å². The van der Waals surface area contributed by atoms with Crippen molar-refractivity contribution < 1.29 is 14.7 Å². The molecule has 2 unspecified atom stereocenters. The fourth-order valence-electron chi connectivity index (χ4n) is 2.01. The van der Waals surface area contributed by atoms with Gasteiger partial charge in [-0.15, -0.1) is 0 Å². The highest BCUT2D eigenvalue weighted by atomic mass is 16.4. The Labute approximate surface area is 125 Å². The Morgan fingerprint density at radius 3 is 2.52 bits per heavy atom. The number of aromatic carboxylic acids is 1. The maximum Gasteiger partial charge on any atom is 0.335 e. The molecule has 116 valence electrons. The van der Waals surface area contributed by atoms with Gasteiger partial charge < -0.3 is 15.7 Å². The van der Waals surface area contributed by atoms with Crippen molar-refractivity contribution in [1.29, 1.82) is 0 Å². The standard InChI is InChI=1S/C16H24N2O3/c1-4-11(2)12(3)18-16(21)17-10-9-13-7-5-6-8-14(13)15(19)20/h5-8,11-12H,4,9-10H2,1-3H3,(H,19,20)(H2,17,18,21). The van der Waals surface area contributed by atoms with Crippen LogP contribution in [0.15, 0.2) is 24.3 Å². The van der Waals surface area contributed by atoms with Gasteiger partial charge >= 0.3 is 12.0 Å². The highest BCUT2D eigenvalue weighted by Crippen LogP contribution is 2.09. The highest BCUT2D eigenvalue weighted by molar-refractivity contribution is 5.89. The number of benzene rings is 1. The van der Waals surface area contributed by atoms with Crippen molar-refractivity contribution in [3.05, 3.63) is 35.4 Å². The molecule has 21 heavy (non-hydrogen) atoms. The Hall–Kier alpha value is -2.04. The van der Waals surface area contributed by atoms with Gasteiger partial charge in [0.05, 0.1) is 5.56 Å². The molecule has 1 aromatic carbocycles. The second kappa shape index (κ2) is 8.29.